The van der Waals surface area contributed by atoms with Gasteiger partial charge in [-0.1, -0.05) is 6.92 Å². The van der Waals surface area contributed by atoms with Crippen LogP contribution in [0.5, 0.6) is 0 Å². The third kappa shape index (κ3) is 2.24. The van der Waals surface area contributed by atoms with Gasteiger partial charge < -0.3 is 10.3 Å². The predicted molar refractivity (Wildman–Crippen MR) is 78.2 cm³/mol. The van der Waals surface area contributed by atoms with Crippen molar-refractivity contribution in [3.05, 3.63) is 33.5 Å². The number of carbonyl (C=O) groups excluding carboxylic acids is 1. The van der Waals surface area contributed by atoms with Crippen LogP contribution in [0.15, 0.2) is 24.4 Å². The number of aryl methyl sites for hydroxylation is 1. The Kier molecular flexibility index (Phi) is 3.53. The molecule has 2 N–H and O–H groups in total. The second kappa shape index (κ2) is 4.78. The highest BCUT2D eigenvalue weighted by Gasteiger charge is 2.18. The molecule has 0 aliphatic rings. The van der Waals surface area contributed by atoms with Gasteiger partial charge in [-0.2, -0.15) is 0 Å². The van der Waals surface area contributed by atoms with Gasteiger partial charge in [0.05, 0.1) is 6.04 Å². The van der Waals surface area contributed by atoms with Crippen molar-refractivity contribution in [1.29, 1.82) is 0 Å². The number of benzene rings is 1. The average Bonchev–Trinajstić information content (AvgIpc) is 2.64. The number of carbonyl (C=O) groups is 1. The van der Waals surface area contributed by atoms with Gasteiger partial charge in [0.15, 0.2) is 5.78 Å². The SMILES string of the molecule is CCC(N)C(=O)c1cn(C)c2ccc(I)cc12. The van der Waals surface area contributed by atoms with E-state index in [1.165, 1.54) is 0 Å². The Hall–Kier alpha value is -0.880. The molecule has 17 heavy (non-hydrogen) atoms. The van der Waals surface area contributed by atoms with Crippen molar-refractivity contribution in [2.45, 2.75) is 19.4 Å². The van der Waals surface area contributed by atoms with Gasteiger partial charge in [-0.25, -0.2) is 0 Å². The Morgan fingerprint density at radius 2 is 2.24 bits per heavy atom. The summed E-state index contributed by atoms with van der Waals surface area (Å²) in [6.07, 6.45) is 2.54. The first-order valence-electron chi connectivity index (χ1n) is 5.59. The highest BCUT2D eigenvalue weighted by Crippen LogP contribution is 2.24. The topological polar surface area (TPSA) is 48.0 Å². The summed E-state index contributed by atoms with van der Waals surface area (Å²) in [4.78, 5) is 12.2. The molecule has 4 heteroatoms. The number of hydrogen-bond donors (Lipinski definition) is 1. The Morgan fingerprint density at radius 1 is 1.53 bits per heavy atom. The van der Waals surface area contributed by atoms with Crippen LogP contribution < -0.4 is 5.73 Å². The van der Waals surface area contributed by atoms with E-state index in [1.54, 1.807) is 0 Å². The van der Waals surface area contributed by atoms with Gasteiger partial charge in [0, 0.05) is 33.3 Å². The van der Waals surface area contributed by atoms with Crippen molar-refractivity contribution in [2.24, 2.45) is 12.8 Å². The molecule has 1 aromatic heterocycles. The first kappa shape index (κ1) is 12.6. The largest absolute Gasteiger partial charge is 0.350 e. The molecule has 1 atom stereocenters. The Labute approximate surface area is 114 Å². The molecule has 2 aromatic rings. The van der Waals surface area contributed by atoms with Gasteiger partial charge in [-0.05, 0) is 47.2 Å². The number of rotatable bonds is 3. The summed E-state index contributed by atoms with van der Waals surface area (Å²) in [5.74, 6) is 0.0279. The minimum absolute atomic E-state index is 0.0279. The van der Waals surface area contributed by atoms with E-state index >= 15 is 0 Å². The van der Waals surface area contributed by atoms with E-state index in [2.05, 4.69) is 22.6 Å². The molecule has 0 aliphatic carbocycles. The number of fused-ring (bicyclic) bond motifs is 1. The normalized spacial score (nSPS) is 12.9. The fourth-order valence-electron chi connectivity index (χ4n) is 1.95. The second-order valence-electron chi connectivity index (χ2n) is 4.19. The smallest absolute Gasteiger partial charge is 0.181 e. The first-order chi connectivity index (χ1) is 8.04. The summed E-state index contributed by atoms with van der Waals surface area (Å²) in [6, 6.07) is 5.70. The van der Waals surface area contributed by atoms with Crippen LogP contribution in [0.1, 0.15) is 23.7 Å². The van der Waals surface area contributed by atoms with Crippen LogP contribution in [0.3, 0.4) is 0 Å². The molecular formula is C13H15IN2O. The maximum Gasteiger partial charge on any atom is 0.181 e. The van der Waals surface area contributed by atoms with Crippen molar-refractivity contribution in [3.8, 4) is 0 Å². The summed E-state index contributed by atoms with van der Waals surface area (Å²) in [5, 5.41) is 0.994. The lowest BCUT2D eigenvalue weighted by molar-refractivity contribution is 0.0961. The van der Waals surface area contributed by atoms with E-state index in [0.717, 1.165) is 20.0 Å². The van der Waals surface area contributed by atoms with E-state index in [0.29, 0.717) is 6.42 Å². The highest BCUT2D eigenvalue weighted by molar-refractivity contribution is 14.1. The standard InChI is InChI=1S/C13H15IN2O/c1-3-11(15)13(17)10-7-16(2)12-5-4-8(14)6-9(10)12/h4-7,11H,3,15H2,1-2H3. The van der Waals surface area contributed by atoms with E-state index in [-0.39, 0.29) is 5.78 Å². The van der Waals surface area contributed by atoms with Crippen LogP contribution >= 0.6 is 22.6 Å². The highest BCUT2D eigenvalue weighted by atomic mass is 127. The predicted octanol–water partition coefficient (Wildman–Crippen LogP) is 2.70. The van der Waals surface area contributed by atoms with Crippen molar-refractivity contribution >= 4 is 39.3 Å². The number of hydrogen-bond acceptors (Lipinski definition) is 2. The van der Waals surface area contributed by atoms with Gasteiger partial charge >= 0.3 is 0 Å². The van der Waals surface area contributed by atoms with Crippen LogP contribution in [0, 0.1) is 3.57 Å². The van der Waals surface area contributed by atoms with E-state index in [9.17, 15) is 4.79 Å². The second-order valence-corrected chi connectivity index (χ2v) is 5.44. The van der Waals surface area contributed by atoms with Crippen LogP contribution in [-0.2, 0) is 7.05 Å². The van der Waals surface area contributed by atoms with Gasteiger partial charge in [-0.15, -0.1) is 0 Å². The molecule has 0 amide bonds. The van der Waals surface area contributed by atoms with Crippen molar-refractivity contribution in [1.82, 2.24) is 4.57 Å². The van der Waals surface area contributed by atoms with Gasteiger partial charge in [-0.3, -0.25) is 4.79 Å². The Balaban J connectivity index is 2.62. The number of ketones is 1. The zero-order valence-electron chi connectivity index (χ0n) is 9.90. The number of nitrogens with zero attached hydrogens (tertiary/aromatic N) is 1. The lowest BCUT2D eigenvalue weighted by Crippen LogP contribution is -2.29. The Bertz CT molecular complexity index is 574. The number of nitrogens with two attached hydrogens (primary N) is 1. The van der Waals surface area contributed by atoms with Crippen molar-refractivity contribution < 1.29 is 4.79 Å². The minimum Gasteiger partial charge on any atom is -0.350 e. The summed E-state index contributed by atoms with van der Waals surface area (Å²) < 4.78 is 3.10. The molecular weight excluding hydrogens is 327 g/mol. The van der Waals surface area contributed by atoms with Crippen LogP contribution in [0.2, 0.25) is 0 Å². The minimum atomic E-state index is -0.404. The van der Waals surface area contributed by atoms with Crippen molar-refractivity contribution in [2.75, 3.05) is 0 Å². The molecule has 0 saturated carbocycles. The van der Waals surface area contributed by atoms with Crippen LogP contribution in [0.4, 0.5) is 0 Å². The zero-order valence-corrected chi connectivity index (χ0v) is 12.1. The van der Waals surface area contributed by atoms with Crippen LogP contribution in [-0.4, -0.2) is 16.4 Å². The molecule has 0 saturated heterocycles. The van der Waals surface area contributed by atoms with E-state index in [4.69, 9.17) is 5.73 Å². The molecule has 0 radical (unpaired) electrons. The molecule has 1 heterocycles. The van der Waals surface area contributed by atoms with Gasteiger partial charge in [0.25, 0.3) is 0 Å². The fraction of sp³-hybridized carbons (Fsp3) is 0.308. The summed E-state index contributed by atoms with van der Waals surface area (Å²) in [7, 11) is 1.95. The summed E-state index contributed by atoms with van der Waals surface area (Å²) in [5.41, 5.74) is 7.62. The summed E-state index contributed by atoms with van der Waals surface area (Å²) in [6.45, 7) is 1.93. The molecule has 90 valence electrons. The summed E-state index contributed by atoms with van der Waals surface area (Å²) >= 11 is 2.25. The lowest BCUT2D eigenvalue weighted by atomic mass is 10.0. The quantitative estimate of drug-likeness (QED) is 0.689. The third-order valence-corrected chi connectivity index (χ3v) is 3.66. The van der Waals surface area contributed by atoms with Gasteiger partial charge in [0.1, 0.15) is 0 Å². The first-order valence-corrected chi connectivity index (χ1v) is 6.66. The van der Waals surface area contributed by atoms with Crippen LogP contribution in [0.25, 0.3) is 10.9 Å². The molecule has 3 nitrogen and oxygen atoms in total. The maximum absolute atomic E-state index is 12.2. The monoisotopic (exact) mass is 342 g/mol. The fourth-order valence-corrected chi connectivity index (χ4v) is 2.44. The Morgan fingerprint density at radius 3 is 2.88 bits per heavy atom. The number of Topliss-reactive ketones (excluding diaryl/α,β-unsaturated/α-hetero) is 1. The molecule has 2 rings (SSSR count). The number of halogens is 1. The lowest BCUT2D eigenvalue weighted by Gasteiger charge is -2.06. The molecule has 0 fully saturated rings. The molecule has 1 unspecified atom stereocenters. The van der Waals surface area contributed by atoms with E-state index in [1.807, 2.05) is 42.9 Å². The van der Waals surface area contributed by atoms with E-state index < -0.39 is 6.04 Å². The third-order valence-electron chi connectivity index (χ3n) is 2.99. The maximum atomic E-state index is 12.2. The molecule has 0 spiro atoms. The molecule has 0 aliphatic heterocycles. The molecule has 0 bridgehead atoms. The average molecular weight is 342 g/mol. The zero-order chi connectivity index (χ0) is 12.6. The van der Waals surface area contributed by atoms with Gasteiger partial charge in [0.2, 0.25) is 0 Å². The molecule has 1 aromatic carbocycles. The number of aromatic nitrogens is 1. The van der Waals surface area contributed by atoms with Crippen molar-refractivity contribution in [3.63, 3.8) is 0 Å².